The SMILES string of the molecule is COc1ccc(CCC(O)C(C)C)c(OC)c1Br. The number of aliphatic hydroxyl groups is 1. The number of aliphatic hydroxyl groups excluding tert-OH is 1. The van der Waals surface area contributed by atoms with Crippen molar-refractivity contribution in [2.45, 2.75) is 32.8 Å². The Bertz CT molecular complexity index is 391. The first-order valence-corrected chi connectivity index (χ1v) is 6.88. The highest BCUT2D eigenvalue weighted by Gasteiger charge is 2.15. The van der Waals surface area contributed by atoms with E-state index in [4.69, 9.17) is 9.47 Å². The quantitative estimate of drug-likeness (QED) is 0.874. The molecule has 0 heterocycles. The van der Waals surface area contributed by atoms with Crippen molar-refractivity contribution in [1.82, 2.24) is 0 Å². The van der Waals surface area contributed by atoms with Crippen molar-refractivity contribution in [3.63, 3.8) is 0 Å². The van der Waals surface area contributed by atoms with Gasteiger partial charge in [0.2, 0.25) is 0 Å². The molecule has 1 atom stereocenters. The summed E-state index contributed by atoms with van der Waals surface area (Å²) in [7, 11) is 3.27. The van der Waals surface area contributed by atoms with Gasteiger partial charge in [0, 0.05) is 0 Å². The van der Waals surface area contributed by atoms with Crippen LogP contribution < -0.4 is 9.47 Å². The maximum Gasteiger partial charge on any atom is 0.139 e. The summed E-state index contributed by atoms with van der Waals surface area (Å²) in [4.78, 5) is 0. The molecule has 0 amide bonds. The first-order valence-electron chi connectivity index (χ1n) is 6.08. The fraction of sp³-hybridized carbons (Fsp3) is 0.571. The Hall–Kier alpha value is -0.740. The van der Waals surface area contributed by atoms with E-state index in [1.54, 1.807) is 14.2 Å². The molecule has 0 aromatic heterocycles. The third-order valence-electron chi connectivity index (χ3n) is 3.05. The number of halogens is 1. The smallest absolute Gasteiger partial charge is 0.139 e. The second-order valence-electron chi connectivity index (χ2n) is 4.62. The van der Waals surface area contributed by atoms with Gasteiger partial charge in [-0.25, -0.2) is 0 Å². The lowest BCUT2D eigenvalue weighted by Crippen LogP contribution is -2.15. The van der Waals surface area contributed by atoms with Gasteiger partial charge in [0.25, 0.3) is 0 Å². The van der Waals surface area contributed by atoms with E-state index in [9.17, 15) is 5.11 Å². The summed E-state index contributed by atoms with van der Waals surface area (Å²) in [5, 5.41) is 9.84. The highest BCUT2D eigenvalue weighted by Crippen LogP contribution is 2.37. The summed E-state index contributed by atoms with van der Waals surface area (Å²) < 4.78 is 11.5. The number of benzene rings is 1. The van der Waals surface area contributed by atoms with Crippen LogP contribution >= 0.6 is 15.9 Å². The van der Waals surface area contributed by atoms with Gasteiger partial charge in [0.15, 0.2) is 0 Å². The number of hydrogen-bond donors (Lipinski definition) is 1. The minimum absolute atomic E-state index is 0.276. The van der Waals surface area contributed by atoms with Gasteiger partial charge in [-0.15, -0.1) is 0 Å². The van der Waals surface area contributed by atoms with E-state index in [0.29, 0.717) is 0 Å². The van der Waals surface area contributed by atoms with Gasteiger partial charge in [-0.3, -0.25) is 0 Å². The van der Waals surface area contributed by atoms with Crippen molar-refractivity contribution >= 4 is 15.9 Å². The molecular formula is C14H21BrO3. The summed E-state index contributed by atoms with van der Waals surface area (Å²) in [6.45, 7) is 4.04. The Labute approximate surface area is 117 Å². The van der Waals surface area contributed by atoms with Crippen LogP contribution in [0.5, 0.6) is 11.5 Å². The van der Waals surface area contributed by atoms with Gasteiger partial charge in [-0.1, -0.05) is 19.9 Å². The molecule has 1 N–H and O–H groups in total. The van der Waals surface area contributed by atoms with Crippen LogP contribution in [0.25, 0.3) is 0 Å². The molecule has 0 spiro atoms. The molecule has 1 unspecified atom stereocenters. The number of hydrogen-bond acceptors (Lipinski definition) is 3. The van der Waals surface area contributed by atoms with E-state index >= 15 is 0 Å². The van der Waals surface area contributed by atoms with Gasteiger partial charge in [0.05, 0.1) is 20.3 Å². The standard InChI is InChI=1S/C14H21BrO3/c1-9(2)11(16)7-5-10-6-8-12(17-3)13(15)14(10)18-4/h6,8-9,11,16H,5,7H2,1-4H3. The molecule has 102 valence electrons. The Morgan fingerprint density at radius 1 is 1.22 bits per heavy atom. The van der Waals surface area contributed by atoms with Crippen molar-refractivity contribution in [2.24, 2.45) is 5.92 Å². The minimum atomic E-state index is -0.282. The minimum Gasteiger partial charge on any atom is -0.495 e. The van der Waals surface area contributed by atoms with Crippen molar-refractivity contribution in [3.05, 3.63) is 22.2 Å². The van der Waals surface area contributed by atoms with Gasteiger partial charge in [-0.05, 0) is 46.3 Å². The highest BCUT2D eigenvalue weighted by atomic mass is 79.9. The van der Waals surface area contributed by atoms with Crippen LogP contribution in [0.2, 0.25) is 0 Å². The Morgan fingerprint density at radius 3 is 2.39 bits per heavy atom. The summed E-state index contributed by atoms with van der Waals surface area (Å²) in [5.41, 5.74) is 1.07. The number of rotatable bonds is 6. The first-order chi connectivity index (χ1) is 8.51. The third-order valence-corrected chi connectivity index (χ3v) is 3.80. The lowest BCUT2D eigenvalue weighted by molar-refractivity contribution is 0.116. The van der Waals surface area contributed by atoms with E-state index in [1.165, 1.54) is 0 Å². The van der Waals surface area contributed by atoms with E-state index in [2.05, 4.69) is 15.9 Å². The fourth-order valence-corrected chi connectivity index (χ4v) is 2.50. The van der Waals surface area contributed by atoms with Crippen molar-refractivity contribution in [2.75, 3.05) is 14.2 Å². The Kier molecular flexibility index (Phi) is 5.96. The van der Waals surface area contributed by atoms with Crippen LogP contribution in [0.3, 0.4) is 0 Å². The first kappa shape index (κ1) is 15.3. The lowest BCUT2D eigenvalue weighted by Gasteiger charge is -2.17. The molecule has 0 radical (unpaired) electrons. The molecular weight excluding hydrogens is 296 g/mol. The zero-order valence-electron chi connectivity index (χ0n) is 11.4. The molecule has 0 saturated heterocycles. The summed E-state index contributed by atoms with van der Waals surface area (Å²) in [6.07, 6.45) is 1.23. The molecule has 0 aliphatic carbocycles. The molecule has 1 rings (SSSR count). The molecule has 0 saturated carbocycles. The van der Waals surface area contributed by atoms with Gasteiger partial charge in [0.1, 0.15) is 16.0 Å². The van der Waals surface area contributed by atoms with Crippen LogP contribution in [0.4, 0.5) is 0 Å². The van der Waals surface area contributed by atoms with E-state index in [1.807, 2.05) is 26.0 Å². The fourth-order valence-electron chi connectivity index (χ4n) is 1.79. The Balaban J connectivity index is 2.86. The second-order valence-corrected chi connectivity index (χ2v) is 5.42. The van der Waals surface area contributed by atoms with E-state index in [-0.39, 0.29) is 12.0 Å². The molecule has 1 aromatic carbocycles. The van der Waals surface area contributed by atoms with Crippen LogP contribution in [0.1, 0.15) is 25.8 Å². The second kappa shape index (κ2) is 7.00. The molecule has 0 aliphatic heterocycles. The zero-order chi connectivity index (χ0) is 13.7. The van der Waals surface area contributed by atoms with Crippen molar-refractivity contribution in [1.29, 1.82) is 0 Å². The molecule has 0 aliphatic rings. The largest absolute Gasteiger partial charge is 0.495 e. The number of aryl methyl sites for hydroxylation is 1. The molecule has 1 aromatic rings. The number of ether oxygens (including phenoxy) is 2. The monoisotopic (exact) mass is 316 g/mol. The topological polar surface area (TPSA) is 38.7 Å². The highest BCUT2D eigenvalue weighted by molar-refractivity contribution is 9.10. The maximum absolute atomic E-state index is 9.84. The van der Waals surface area contributed by atoms with Gasteiger partial charge < -0.3 is 14.6 Å². The molecule has 4 heteroatoms. The van der Waals surface area contributed by atoms with Crippen LogP contribution in [-0.2, 0) is 6.42 Å². The van der Waals surface area contributed by atoms with Gasteiger partial charge >= 0.3 is 0 Å². The summed E-state index contributed by atoms with van der Waals surface area (Å²) >= 11 is 3.48. The van der Waals surface area contributed by atoms with Crippen LogP contribution in [-0.4, -0.2) is 25.4 Å². The van der Waals surface area contributed by atoms with Crippen molar-refractivity contribution < 1.29 is 14.6 Å². The Morgan fingerprint density at radius 2 is 1.89 bits per heavy atom. The average Bonchev–Trinajstić information content (AvgIpc) is 2.35. The molecule has 18 heavy (non-hydrogen) atoms. The van der Waals surface area contributed by atoms with Crippen LogP contribution in [0.15, 0.2) is 16.6 Å². The zero-order valence-corrected chi connectivity index (χ0v) is 13.0. The van der Waals surface area contributed by atoms with Crippen LogP contribution in [0, 0.1) is 5.92 Å². The molecule has 0 fully saturated rings. The average molecular weight is 317 g/mol. The summed E-state index contributed by atoms with van der Waals surface area (Å²) in [5.74, 6) is 1.81. The molecule has 3 nitrogen and oxygen atoms in total. The van der Waals surface area contributed by atoms with Crippen molar-refractivity contribution in [3.8, 4) is 11.5 Å². The normalized spacial score (nSPS) is 12.6. The van der Waals surface area contributed by atoms with Gasteiger partial charge in [-0.2, -0.15) is 0 Å². The third kappa shape index (κ3) is 3.62. The lowest BCUT2D eigenvalue weighted by atomic mass is 9.99. The predicted molar refractivity (Wildman–Crippen MR) is 76.4 cm³/mol. The maximum atomic E-state index is 9.84. The van der Waals surface area contributed by atoms with E-state index in [0.717, 1.165) is 34.4 Å². The molecule has 0 bridgehead atoms. The number of methoxy groups -OCH3 is 2. The predicted octanol–water partition coefficient (Wildman–Crippen LogP) is 3.42. The van der Waals surface area contributed by atoms with E-state index < -0.39 is 0 Å². The summed E-state index contributed by atoms with van der Waals surface area (Å²) in [6, 6.07) is 3.89.